The van der Waals surface area contributed by atoms with Crippen LogP contribution in [0.3, 0.4) is 0 Å². The molecule has 1 aromatic heterocycles. The van der Waals surface area contributed by atoms with Gasteiger partial charge in [-0.25, -0.2) is 0 Å². The molecule has 138 valence electrons. The van der Waals surface area contributed by atoms with Gasteiger partial charge in [-0.2, -0.15) is 0 Å². The van der Waals surface area contributed by atoms with E-state index in [-0.39, 0.29) is 5.60 Å². The SMILES string of the molecule is O=C(CC1CCOC2(CCN(Cc3cccs3)CC2)C1)N1CCCC1. The Labute approximate surface area is 155 Å². The first-order valence-corrected chi connectivity index (χ1v) is 10.8. The average Bonchev–Trinajstić information content (AvgIpc) is 3.31. The van der Waals surface area contributed by atoms with Gasteiger partial charge in [-0.05, 0) is 55.9 Å². The number of rotatable bonds is 4. The van der Waals surface area contributed by atoms with E-state index in [0.717, 1.165) is 71.4 Å². The van der Waals surface area contributed by atoms with Gasteiger partial charge < -0.3 is 9.64 Å². The molecule has 0 N–H and O–H groups in total. The lowest BCUT2D eigenvalue weighted by molar-refractivity contribution is -0.141. The maximum absolute atomic E-state index is 12.5. The number of carbonyl (C=O) groups excluding carboxylic acids is 1. The van der Waals surface area contributed by atoms with Gasteiger partial charge in [-0.15, -0.1) is 11.3 Å². The van der Waals surface area contributed by atoms with Crippen molar-refractivity contribution < 1.29 is 9.53 Å². The number of hydrogen-bond acceptors (Lipinski definition) is 4. The summed E-state index contributed by atoms with van der Waals surface area (Å²) in [4.78, 5) is 18.6. The number of carbonyl (C=O) groups is 1. The van der Waals surface area contributed by atoms with Crippen LogP contribution in [0.4, 0.5) is 0 Å². The maximum atomic E-state index is 12.5. The molecule has 3 fully saturated rings. The van der Waals surface area contributed by atoms with Gasteiger partial charge in [-0.3, -0.25) is 9.69 Å². The number of likely N-dealkylation sites (tertiary alicyclic amines) is 2. The highest BCUT2D eigenvalue weighted by Crippen LogP contribution is 2.39. The third-order valence-electron chi connectivity index (χ3n) is 6.24. The van der Waals surface area contributed by atoms with Gasteiger partial charge in [-0.1, -0.05) is 6.07 Å². The lowest BCUT2D eigenvalue weighted by atomic mass is 9.78. The van der Waals surface area contributed by atoms with E-state index >= 15 is 0 Å². The fourth-order valence-electron chi connectivity index (χ4n) is 4.74. The van der Waals surface area contributed by atoms with Crippen LogP contribution in [-0.4, -0.2) is 54.1 Å². The van der Waals surface area contributed by atoms with E-state index in [4.69, 9.17) is 4.74 Å². The molecule has 5 heteroatoms. The number of amides is 1. The van der Waals surface area contributed by atoms with Crippen LogP contribution < -0.4 is 0 Å². The second kappa shape index (κ2) is 7.77. The van der Waals surface area contributed by atoms with Crippen LogP contribution in [0.5, 0.6) is 0 Å². The predicted molar refractivity (Wildman–Crippen MR) is 101 cm³/mol. The molecule has 1 atom stereocenters. The average molecular weight is 363 g/mol. The molecule has 3 aliphatic heterocycles. The first-order chi connectivity index (χ1) is 12.2. The van der Waals surface area contributed by atoms with Crippen molar-refractivity contribution in [3.63, 3.8) is 0 Å². The molecule has 3 aliphatic rings. The number of thiophene rings is 1. The summed E-state index contributed by atoms with van der Waals surface area (Å²) < 4.78 is 6.28. The summed E-state index contributed by atoms with van der Waals surface area (Å²) in [5.74, 6) is 0.903. The summed E-state index contributed by atoms with van der Waals surface area (Å²) in [6.07, 6.45) is 7.48. The minimum atomic E-state index is 0.0418. The number of ether oxygens (including phenoxy) is 1. The molecule has 1 aromatic rings. The van der Waals surface area contributed by atoms with Gasteiger partial charge in [0.05, 0.1) is 5.60 Å². The van der Waals surface area contributed by atoms with Crippen LogP contribution in [0, 0.1) is 5.92 Å². The van der Waals surface area contributed by atoms with Gasteiger partial charge in [0.1, 0.15) is 0 Å². The number of nitrogens with zero attached hydrogens (tertiary/aromatic N) is 2. The number of hydrogen-bond donors (Lipinski definition) is 0. The van der Waals surface area contributed by atoms with E-state index in [1.165, 1.54) is 17.7 Å². The lowest BCUT2D eigenvalue weighted by Crippen LogP contribution is -2.49. The second-order valence-corrected chi connectivity index (χ2v) is 9.07. The first-order valence-electron chi connectivity index (χ1n) is 9.89. The summed E-state index contributed by atoms with van der Waals surface area (Å²) in [6.45, 7) is 6.10. The van der Waals surface area contributed by atoms with Gasteiger partial charge in [0.15, 0.2) is 0 Å². The molecule has 4 nitrogen and oxygen atoms in total. The molecule has 0 aliphatic carbocycles. The largest absolute Gasteiger partial charge is 0.375 e. The maximum Gasteiger partial charge on any atom is 0.222 e. The van der Waals surface area contributed by atoms with Crippen molar-refractivity contribution in [2.24, 2.45) is 5.92 Å². The van der Waals surface area contributed by atoms with Crippen molar-refractivity contribution in [3.05, 3.63) is 22.4 Å². The van der Waals surface area contributed by atoms with E-state index in [0.29, 0.717) is 11.8 Å². The highest BCUT2D eigenvalue weighted by Gasteiger charge is 2.41. The number of piperidine rings is 1. The summed E-state index contributed by atoms with van der Waals surface area (Å²) >= 11 is 1.85. The minimum Gasteiger partial charge on any atom is -0.375 e. The molecule has 1 spiro atoms. The smallest absolute Gasteiger partial charge is 0.222 e. The zero-order chi connectivity index (χ0) is 17.1. The molecule has 1 amide bonds. The van der Waals surface area contributed by atoms with Gasteiger partial charge in [0.2, 0.25) is 5.91 Å². The van der Waals surface area contributed by atoms with Gasteiger partial charge >= 0.3 is 0 Å². The lowest BCUT2D eigenvalue weighted by Gasteiger charge is -2.46. The van der Waals surface area contributed by atoms with E-state index < -0.39 is 0 Å². The molecule has 25 heavy (non-hydrogen) atoms. The van der Waals surface area contributed by atoms with E-state index in [1.54, 1.807) is 0 Å². The van der Waals surface area contributed by atoms with Crippen molar-refractivity contribution in [3.8, 4) is 0 Å². The Balaban J connectivity index is 1.28. The van der Waals surface area contributed by atoms with E-state index in [1.807, 2.05) is 11.3 Å². The second-order valence-electron chi connectivity index (χ2n) is 8.04. The molecule has 0 bridgehead atoms. The van der Waals surface area contributed by atoms with Gasteiger partial charge in [0.25, 0.3) is 0 Å². The quantitative estimate of drug-likeness (QED) is 0.821. The zero-order valence-corrected chi connectivity index (χ0v) is 15.9. The molecular weight excluding hydrogens is 332 g/mol. The summed E-state index contributed by atoms with van der Waals surface area (Å²) in [5, 5.41) is 2.16. The van der Waals surface area contributed by atoms with Crippen molar-refractivity contribution in [1.82, 2.24) is 9.80 Å². The Morgan fingerprint density at radius 1 is 1.24 bits per heavy atom. The normalized spacial score (nSPS) is 27.0. The predicted octanol–water partition coefficient (Wildman–Crippen LogP) is 3.52. The zero-order valence-electron chi connectivity index (χ0n) is 15.1. The van der Waals surface area contributed by atoms with Crippen molar-refractivity contribution in [2.45, 2.75) is 57.1 Å². The molecule has 1 unspecified atom stereocenters. The topological polar surface area (TPSA) is 32.8 Å². The van der Waals surface area contributed by atoms with E-state index in [9.17, 15) is 4.79 Å². The third-order valence-corrected chi connectivity index (χ3v) is 7.11. The summed E-state index contributed by atoms with van der Waals surface area (Å²) in [6, 6.07) is 4.36. The monoisotopic (exact) mass is 362 g/mol. The molecule has 0 saturated carbocycles. The first kappa shape index (κ1) is 17.5. The fraction of sp³-hybridized carbons (Fsp3) is 0.750. The van der Waals surface area contributed by atoms with Crippen LogP contribution in [0.2, 0.25) is 0 Å². The molecule has 3 saturated heterocycles. The Morgan fingerprint density at radius 2 is 2.04 bits per heavy atom. The molecule has 4 heterocycles. The molecule has 0 radical (unpaired) electrons. The highest BCUT2D eigenvalue weighted by molar-refractivity contribution is 7.09. The molecule has 0 aromatic carbocycles. The highest BCUT2D eigenvalue weighted by atomic mass is 32.1. The minimum absolute atomic E-state index is 0.0418. The Bertz CT molecular complexity index is 560. The van der Waals surface area contributed by atoms with Crippen LogP contribution in [0.25, 0.3) is 0 Å². The molecular formula is C20H30N2O2S. The fourth-order valence-corrected chi connectivity index (χ4v) is 5.48. The van der Waals surface area contributed by atoms with Crippen LogP contribution in [-0.2, 0) is 16.1 Å². The van der Waals surface area contributed by atoms with E-state index in [2.05, 4.69) is 27.3 Å². The Hall–Kier alpha value is -0.910. The van der Waals surface area contributed by atoms with Gasteiger partial charge in [0, 0.05) is 50.6 Å². The van der Waals surface area contributed by atoms with Crippen molar-refractivity contribution in [1.29, 1.82) is 0 Å². The van der Waals surface area contributed by atoms with Crippen LogP contribution in [0.15, 0.2) is 17.5 Å². The Kier molecular flexibility index (Phi) is 5.44. The van der Waals surface area contributed by atoms with Crippen molar-refractivity contribution in [2.75, 3.05) is 32.8 Å². The van der Waals surface area contributed by atoms with Crippen molar-refractivity contribution >= 4 is 17.2 Å². The Morgan fingerprint density at radius 3 is 2.76 bits per heavy atom. The summed E-state index contributed by atoms with van der Waals surface area (Å²) in [5.41, 5.74) is 0.0418. The molecule has 4 rings (SSSR count). The standard InChI is InChI=1S/C20H30N2O2S/c23-19(22-8-1-2-9-22)14-17-5-12-24-20(15-17)6-10-21(11-7-20)16-18-4-3-13-25-18/h3-4,13,17H,1-2,5-12,14-16H2. The van der Waals surface area contributed by atoms with Crippen LogP contribution in [0.1, 0.15) is 49.8 Å². The summed E-state index contributed by atoms with van der Waals surface area (Å²) in [7, 11) is 0. The third kappa shape index (κ3) is 4.26. The van der Waals surface area contributed by atoms with Crippen LogP contribution >= 0.6 is 11.3 Å².